The molecule has 0 radical (unpaired) electrons. The Hall–Kier alpha value is -4.20. The highest BCUT2D eigenvalue weighted by Crippen LogP contribution is 2.33. The summed E-state index contributed by atoms with van der Waals surface area (Å²) in [7, 11) is 0. The van der Waals surface area contributed by atoms with E-state index in [1.54, 1.807) is 13.8 Å². The van der Waals surface area contributed by atoms with Gasteiger partial charge in [-0.2, -0.15) is 0 Å². The van der Waals surface area contributed by atoms with Crippen LogP contribution in [0.1, 0.15) is 34.6 Å². The molecule has 4 aliphatic rings. The lowest BCUT2D eigenvalue weighted by atomic mass is 10.1. The van der Waals surface area contributed by atoms with Gasteiger partial charge in [0.15, 0.2) is 0 Å². The summed E-state index contributed by atoms with van der Waals surface area (Å²) in [6.07, 6.45) is 0. The van der Waals surface area contributed by atoms with Crippen LogP contribution < -0.4 is 10.6 Å². The van der Waals surface area contributed by atoms with E-state index in [-0.39, 0.29) is 13.2 Å². The van der Waals surface area contributed by atoms with Crippen LogP contribution in [0.4, 0.5) is 11.6 Å². The maximum atomic E-state index is 12.6. The molecule has 0 saturated heterocycles. The Morgan fingerprint density at radius 1 is 0.676 bits per heavy atom. The SMILES string of the molecule is CCOC(=O)c1c2cccccc-2nc1NCCNc1nc2cccccc-2c1C(=O)OCC. The van der Waals surface area contributed by atoms with Gasteiger partial charge in [0, 0.05) is 24.2 Å². The van der Waals surface area contributed by atoms with E-state index in [1.165, 1.54) is 0 Å². The molecule has 0 amide bonds. The average molecular weight is 459 g/mol. The van der Waals surface area contributed by atoms with Crippen LogP contribution in [0.15, 0.2) is 60.7 Å². The van der Waals surface area contributed by atoms with Crippen LogP contribution in [-0.4, -0.2) is 48.2 Å². The number of carbonyl (C=O) groups excluding carboxylic acids is 2. The zero-order valence-electron chi connectivity index (χ0n) is 19.1. The van der Waals surface area contributed by atoms with Crippen LogP contribution >= 0.6 is 0 Å². The molecule has 2 aliphatic carbocycles. The molecule has 0 bridgehead atoms. The Kier molecular flexibility index (Phi) is 7.17. The van der Waals surface area contributed by atoms with Crippen molar-refractivity contribution in [2.45, 2.75) is 13.8 Å². The lowest BCUT2D eigenvalue weighted by Crippen LogP contribution is -2.17. The van der Waals surface area contributed by atoms with Crippen molar-refractivity contribution in [2.75, 3.05) is 36.9 Å². The monoisotopic (exact) mass is 458 g/mol. The van der Waals surface area contributed by atoms with E-state index in [0.29, 0.717) is 47.2 Å². The minimum Gasteiger partial charge on any atom is -0.462 e. The molecule has 2 N–H and O–H groups in total. The molecule has 34 heavy (non-hydrogen) atoms. The van der Waals surface area contributed by atoms with Crippen LogP contribution in [0.2, 0.25) is 0 Å². The van der Waals surface area contributed by atoms with Gasteiger partial charge in [-0.15, -0.1) is 0 Å². The number of aromatic nitrogens is 2. The summed E-state index contributed by atoms with van der Waals surface area (Å²) in [5.74, 6) is 0.0700. The van der Waals surface area contributed by atoms with Crippen LogP contribution in [0.5, 0.6) is 0 Å². The number of nitrogens with one attached hydrogen (secondary N) is 2. The van der Waals surface area contributed by atoms with Crippen LogP contribution in [0.3, 0.4) is 0 Å². The van der Waals surface area contributed by atoms with Gasteiger partial charge in [0.05, 0.1) is 24.6 Å². The molecule has 2 heterocycles. The molecule has 0 atom stereocenters. The van der Waals surface area contributed by atoms with Crippen molar-refractivity contribution in [1.29, 1.82) is 0 Å². The van der Waals surface area contributed by atoms with E-state index >= 15 is 0 Å². The first-order valence-electron chi connectivity index (χ1n) is 11.2. The van der Waals surface area contributed by atoms with E-state index in [9.17, 15) is 9.59 Å². The largest absolute Gasteiger partial charge is 0.462 e. The predicted molar refractivity (Wildman–Crippen MR) is 131 cm³/mol. The van der Waals surface area contributed by atoms with Crippen LogP contribution in [-0.2, 0) is 9.47 Å². The quantitative estimate of drug-likeness (QED) is 0.278. The smallest absolute Gasteiger partial charge is 0.342 e. The first-order chi connectivity index (χ1) is 16.6. The molecule has 0 aromatic carbocycles. The Labute approximate surface area is 198 Å². The van der Waals surface area contributed by atoms with Crippen molar-refractivity contribution in [2.24, 2.45) is 0 Å². The maximum absolute atomic E-state index is 12.6. The van der Waals surface area contributed by atoms with Gasteiger partial charge in [-0.05, 0) is 26.0 Å². The molecular weight excluding hydrogens is 432 g/mol. The second-order valence-electron chi connectivity index (χ2n) is 7.38. The summed E-state index contributed by atoms with van der Waals surface area (Å²) in [6.45, 7) is 4.95. The molecule has 0 fully saturated rings. The minimum atomic E-state index is -0.423. The normalized spacial score (nSPS) is 10.8. The van der Waals surface area contributed by atoms with Crippen molar-refractivity contribution in [3.8, 4) is 22.5 Å². The zero-order valence-corrected chi connectivity index (χ0v) is 19.1. The molecule has 174 valence electrons. The van der Waals surface area contributed by atoms with Gasteiger partial charge >= 0.3 is 11.9 Å². The summed E-state index contributed by atoms with van der Waals surface area (Å²) in [6, 6.07) is 18.6. The van der Waals surface area contributed by atoms with Gasteiger partial charge in [-0.25, -0.2) is 19.6 Å². The first-order valence-corrected chi connectivity index (χ1v) is 11.2. The highest BCUT2D eigenvalue weighted by molar-refractivity contribution is 6.04. The van der Waals surface area contributed by atoms with Gasteiger partial charge in [0.1, 0.15) is 22.8 Å². The van der Waals surface area contributed by atoms with E-state index in [1.807, 2.05) is 60.7 Å². The molecule has 0 aromatic rings. The van der Waals surface area contributed by atoms with Crippen molar-refractivity contribution in [1.82, 2.24) is 9.97 Å². The molecule has 4 rings (SSSR count). The van der Waals surface area contributed by atoms with Crippen molar-refractivity contribution in [3.63, 3.8) is 0 Å². The number of rotatable bonds is 9. The lowest BCUT2D eigenvalue weighted by molar-refractivity contribution is 0.0518. The van der Waals surface area contributed by atoms with Gasteiger partial charge in [0.2, 0.25) is 0 Å². The molecule has 0 saturated carbocycles. The fourth-order valence-corrected chi connectivity index (χ4v) is 3.74. The Bertz CT molecular complexity index is 1150. The van der Waals surface area contributed by atoms with E-state index in [4.69, 9.17) is 9.47 Å². The Balaban J connectivity index is 1.53. The van der Waals surface area contributed by atoms with Crippen LogP contribution in [0.25, 0.3) is 22.5 Å². The highest BCUT2D eigenvalue weighted by Gasteiger charge is 2.25. The Morgan fingerprint density at radius 2 is 1.09 bits per heavy atom. The molecule has 8 nitrogen and oxygen atoms in total. The topological polar surface area (TPSA) is 102 Å². The molecule has 0 aromatic heterocycles. The molecular formula is C26H26N4O4. The third-order valence-corrected chi connectivity index (χ3v) is 5.18. The zero-order chi connectivity index (χ0) is 23.9. The summed E-state index contributed by atoms with van der Waals surface area (Å²) in [5.41, 5.74) is 3.66. The number of fused-ring (bicyclic) bond motifs is 2. The molecule has 2 aliphatic heterocycles. The van der Waals surface area contributed by atoms with Crippen molar-refractivity contribution < 1.29 is 19.1 Å². The number of anilines is 2. The highest BCUT2D eigenvalue weighted by atomic mass is 16.5. The van der Waals surface area contributed by atoms with Crippen molar-refractivity contribution >= 4 is 23.6 Å². The fourth-order valence-electron chi connectivity index (χ4n) is 3.74. The summed E-state index contributed by atoms with van der Waals surface area (Å²) >= 11 is 0. The maximum Gasteiger partial charge on any atom is 0.342 e. The number of carbonyl (C=O) groups is 2. The number of hydrogen-bond acceptors (Lipinski definition) is 8. The van der Waals surface area contributed by atoms with Gasteiger partial charge in [-0.1, -0.05) is 48.5 Å². The molecule has 8 heteroatoms. The third-order valence-electron chi connectivity index (χ3n) is 5.18. The van der Waals surface area contributed by atoms with Gasteiger partial charge in [0.25, 0.3) is 0 Å². The third kappa shape index (κ3) is 4.76. The number of nitrogens with zero attached hydrogens (tertiary/aromatic N) is 2. The summed E-state index contributed by atoms with van der Waals surface area (Å²) in [5, 5.41) is 6.43. The molecule has 0 unspecified atom stereocenters. The fraction of sp³-hybridized carbons (Fsp3) is 0.231. The van der Waals surface area contributed by atoms with Crippen LogP contribution in [0, 0.1) is 0 Å². The van der Waals surface area contributed by atoms with Gasteiger partial charge < -0.3 is 20.1 Å². The number of ether oxygens (including phenoxy) is 2. The van der Waals surface area contributed by atoms with E-state index in [0.717, 1.165) is 11.1 Å². The minimum absolute atomic E-state index is 0.274. The second-order valence-corrected chi connectivity index (χ2v) is 7.38. The predicted octanol–water partition coefficient (Wildman–Crippen LogP) is 4.56. The summed E-state index contributed by atoms with van der Waals surface area (Å²) in [4.78, 5) is 34.4. The first kappa shape index (κ1) is 23.0. The number of esters is 2. The number of hydrogen-bond donors (Lipinski definition) is 2. The average Bonchev–Trinajstić information content (AvgIpc) is 3.12. The van der Waals surface area contributed by atoms with Crippen molar-refractivity contribution in [3.05, 3.63) is 71.8 Å². The Morgan fingerprint density at radius 3 is 1.50 bits per heavy atom. The molecule has 0 spiro atoms. The van der Waals surface area contributed by atoms with E-state index in [2.05, 4.69) is 20.6 Å². The van der Waals surface area contributed by atoms with E-state index < -0.39 is 11.9 Å². The second kappa shape index (κ2) is 10.6. The lowest BCUT2D eigenvalue weighted by Gasteiger charge is -2.09. The van der Waals surface area contributed by atoms with Gasteiger partial charge in [-0.3, -0.25) is 0 Å². The standard InChI is InChI=1S/C26H26N4O4/c1-3-33-25(31)21-17-11-7-5-9-13-19(17)29-23(21)27-15-16-28-24-22(26(32)34-4-2)18-12-8-6-10-14-20(18)30-24/h5-14H,3-4,15-16H2,1-2H3,(H,27,29)(H,28,30). The summed E-state index contributed by atoms with van der Waals surface area (Å²) < 4.78 is 10.5.